The second-order valence-electron chi connectivity index (χ2n) is 5.18. The smallest absolute Gasteiger partial charge is 0.296 e. The molecule has 0 radical (unpaired) electrons. The Labute approximate surface area is 118 Å². The molecule has 4 N–H and O–H groups in total. The first-order chi connectivity index (χ1) is 9.05. The van der Waals surface area contributed by atoms with Gasteiger partial charge in [-0.2, -0.15) is 8.42 Å². The van der Waals surface area contributed by atoms with Gasteiger partial charge in [-0.05, 0) is 39.0 Å². The number of nitrogens with two attached hydrogens (primary N) is 1. The van der Waals surface area contributed by atoms with Crippen molar-refractivity contribution >= 4 is 27.5 Å². The maximum absolute atomic E-state index is 11.7. The van der Waals surface area contributed by atoms with E-state index in [-0.39, 0.29) is 18.2 Å². The van der Waals surface area contributed by atoms with E-state index in [1.807, 2.05) is 20.8 Å². The van der Waals surface area contributed by atoms with Gasteiger partial charge in [0.2, 0.25) is 5.91 Å². The lowest BCUT2D eigenvalue weighted by molar-refractivity contribution is -0.125. The van der Waals surface area contributed by atoms with Crippen LogP contribution in [0.25, 0.3) is 0 Å². The summed E-state index contributed by atoms with van der Waals surface area (Å²) in [6.45, 7) is 5.45. The molecule has 1 amide bonds. The summed E-state index contributed by atoms with van der Waals surface area (Å²) >= 11 is 0. The van der Waals surface area contributed by atoms with Crippen LogP contribution in [-0.4, -0.2) is 26.5 Å². The number of nitrogens with one attached hydrogen (secondary N) is 2. The summed E-state index contributed by atoms with van der Waals surface area (Å²) in [5.41, 5.74) is 0.303. The second kappa shape index (κ2) is 6.21. The highest BCUT2D eigenvalue weighted by Gasteiger charge is 2.13. The van der Waals surface area contributed by atoms with Gasteiger partial charge in [0.15, 0.2) is 0 Å². The molecular formula is C12H19N3O4S. The van der Waals surface area contributed by atoms with Crippen LogP contribution in [0, 0.1) is 0 Å². The summed E-state index contributed by atoms with van der Waals surface area (Å²) in [7, 11) is -3.84. The Balaban J connectivity index is 2.64. The zero-order valence-corrected chi connectivity index (χ0v) is 12.5. The van der Waals surface area contributed by atoms with Gasteiger partial charge in [0, 0.05) is 5.69 Å². The molecule has 0 heterocycles. The minimum atomic E-state index is -3.84. The van der Waals surface area contributed by atoms with Gasteiger partial charge in [-0.15, -0.1) is 0 Å². The van der Waals surface area contributed by atoms with E-state index in [0.717, 1.165) is 0 Å². The van der Waals surface area contributed by atoms with Crippen molar-refractivity contribution in [2.75, 3.05) is 16.6 Å². The van der Waals surface area contributed by atoms with Gasteiger partial charge in [-0.3, -0.25) is 9.52 Å². The molecule has 0 unspecified atom stereocenters. The number of ether oxygens (including phenoxy) is 1. The second-order valence-corrected chi connectivity index (χ2v) is 6.47. The topological polar surface area (TPSA) is 111 Å². The van der Waals surface area contributed by atoms with Crippen LogP contribution in [0.4, 0.5) is 11.4 Å². The number of hydrogen-bond donors (Lipinski definition) is 3. The van der Waals surface area contributed by atoms with Crippen molar-refractivity contribution in [2.45, 2.75) is 26.4 Å². The van der Waals surface area contributed by atoms with Gasteiger partial charge in [0.05, 0.1) is 11.3 Å². The van der Waals surface area contributed by atoms with Gasteiger partial charge in [-0.25, -0.2) is 5.14 Å². The summed E-state index contributed by atoms with van der Waals surface area (Å²) in [5, 5.41) is 7.47. The zero-order valence-electron chi connectivity index (χ0n) is 11.6. The Bertz CT molecular complexity index is 579. The van der Waals surface area contributed by atoms with Crippen molar-refractivity contribution in [3.63, 3.8) is 0 Å². The van der Waals surface area contributed by atoms with E-state index in [1.165, 1.54) is 12.1 Å². The predicted octanol–water partition coefficient (Wildman–Crippen LogP) is 1.06. The van der Waals surface area contributed by atoms with E-state index in [2.05, 4.69) is 10.0 Å². The molecule has 1 aromatic carbocycles. The first kappa shape index (κ1) is 16.4. The molecule has 0 saturated heterocycles. The molecular weight excluding hydrogens is 282 g/mol. The molecule has 0 aliphatic rings. The quantitative estimate of drug-likeness (QED) is 0.755. The number of anilines is 2. The highest BCUT2D eigenvalue weighted by atomic mass is 32.2. The van der Waals surface area contributed by atoms with E-state index < -0.39 is 15.8 Å². The highest BCUT2D eigenvalue weighted by Crippen LogP contribution is 2.16. The lowest BCUT2D eigenvalue weighted by Gasteiger charge is -2.19. The fraction of sp³-hybridized carbons (Fsp3) is 0.417. The first-order valence-corrected chi connectivity index (χ1v) is 7.44. The SMILES string of the molecule is CC(C)(C)OCC(=O)Nc1cccc(NS(N)(=O)=O)c1. The Hall–Kier alpha value is -1.64. The highest BCUT2D eigenvalue weighted by molar-refractivity contribution is 7.90. The van der Waals surface area contributed by atoms with Crippen LogP contribution in [0.3, 0.4) is 0 Å². The van der Waals surface area contributed by atoms with E-state index in [4.69, 9.17) is 9.88 Å². The van der Waals surface area contributed by atoms with Gasteiger partial charge >= 0.3 is 0 Å². The van der Waals surface area contributed by atoms with E-state index in [9.17, 15) is 13.2 Å². The third-order valence-corrected chi connectivity index (χ3v) is 2.56. The Kier molecular flexibility index (Phi) is 5.09. The number of rotatable bonds is 5. The third kappa shape index (κ3) is 7.07. The summed E-state index contributed by atoms with van der Waals surface area (Å²) in [6.07, 6.45) is 0. The van der Waals surface area contributed by atoms with Crippen LogP contribution in [0.15, 0.2) is 24.3 Å². The van der Waals surface area contributed by atoms with Crippen LogP contribution < -0.4 is 15.2 Å². The fourth-order valence-corrected chi connectivity index (χ4v) is 1.76. The molecule has 7 nitrogen and oxygen atoms in total. The molecule has 112 valence electrons. The first-order valence-electron chi connectivity index (χ1n) is 5.90. The van der Waals surface area contributed by atoms with E-state index in [0.29, 0.717) is 5.69 Å². The lowest BCUT2D eigenvalue weighted by atomic mass is 10.2. The van der Waals surface area contributed by atoms with Crippen LogP contribution in [0.5, 0.6) is 0 Å². The average Bonchev–Trinajstić information content (AvgIpc) is 2.23. The van der Waals surface area contributed by atoms with Crippen LogP contribution in [0.2, 0.25) is 0 Å². The maximum Gasteiger partial charge on any atom is 0.296 e. The summed E-state index contributed by atoms with van der Waals surface area (Å²) in [5.74, 6) is -0.326. The molecule has 1 rings (SSSR count). The monoisotopic (exact) mass is 301 g/mol. The molecule has 0 atom stereocenters. The van der Waals surface area contributed by atoms with E-state index in [1.54, 1.807) is 12.1 Å². The number of amides is 1. The molecule has 0 fully saturated rings. The number of hydrogen-bond acceptors (Lipinski definition) is 4. The summed E-state index contributed by atoms with van der Waals surface area (Å²) in [6, 6.07) is 6.20. The molecule has 0 aliphatic carbocycles. The van der Waals surface area contributed by atoms with Crippen LogP contribution >= 0.6 is 0 Å². The van der Waals surface area contributed by atoms with Crippen molar-refractivity contribution in [2.24, 2.45) is 5.14 Å². The van der Waals surface area contributed by atoms with E-state index >= 15 is 0 Å². The largest absolute Gasteiger partial charge is 0.366 e. The molecule has 0 aliphatic heterocycles. The molecule has 20 heavy (non-hydrogen) atoms. The minimum Gasteiger partial charge on any atom is -0.366 e. The number of carbonyl (C=O) groups excluding carboxylic acids is 1. The molecule has 1 aromatic rings. The number of benzene rings is 1. The summed E-state index contributed by atoms with van der Waals surface area (Å²) in [4.78, 5) is 11.7. The van der Waals surface area contributed by atoms with Gasteiger partial charge in [0.1, 0.15) is 6.61 Å². The predicted molar refractivity (Wildman–Crippen MR) is 77.5 cm³/mol. The Morgan fingerprint density at radius 3 is 2.45 bits per heavy atom. The average molecular weight is 301 g/mol. The minimum absolute atomic E-state index is 0.0870. The zero-order chi connectivity index (χ0) is 15.4. The van der Waals surface area contributed by atoms with Gasteiger partial charge in [-0.1, -0.05) is 6.07 Å². The molecule has 8 heteroatoms. The molecule has 0 aromatic heterocycles. The van der Waals surface area contributed by atoms with Crippen molar-refractivity contribution in [3.05, 3.63) is 24.3 Å². The maximum atomic E-state index is 11.7. The fourth-order valence-electron chi connectivity index (χ4n) is 1.30. The van der Waals surface area contributed by atoms with Crippen molar-refractivity contribution in [3.8, 4) is 0 Å². The molecule has 0 bridgehead atoms. The van der Waals surface area contributed by atoms with Crippen molar-refractivity contribution in [1.82, 2.24) is 0 Å². The van der Waals surface area contributed by atoms with Crippen molar-refractivity contribution < 1.29 is 17.9 Å². The van der Waals surface area contributed by atoms with Crippen LogP contribution in [-0.2, 0) is 19.7 Å². The molecule has 0 spiro atoms. The van der Waals surface area contributed by atoms with Crippen LogP contribution in [0.1, 0.15) is 20.8 Å². The third-order valence-electron chi connectivity index (χ3n) is 2.04. The number of carbonyl (C=O) groups is 1. The van der Waals surface area contributed by atoms with Gasteiger partial charge < -0.3 is 10.1 Å². The summed E-state index contributed by atoms with van der Waals surface area (Å²) < 4.78 is 29.3. The van der Waals surface area contributed by atoms with Crippen molar-refractivity contribution in [1.29, 1.82) is 0 Å². The standard InChI is InChI=1S/C12H19N3O4S/c1-12(2,3)19-8-11(16)14-9-5-4-6-10(7-9)15-20(13,17)18/h4-7,15H,8H2,1-3H3,(H,14,16)(H2,13,17,18). The molecule has 0 saturated carbocycles. The Morgan fingerprint density at radius 1 is 1.30 bits per heavy atom. The normalized spacial score (nSPS) is 12.0. The Morgan fingerprint density at radius 2 is 1.90 bits per heavy atom. The lowest BCUT2D eigenvalue weighted by Crippen LogP contribution is -2.27. The van der Waals surface area contributed by atoms with Gasteiger partial charge in [0.25, 0.3) is 10.2 Å².